The van der Waals surface area contributed by atoms with Crippen molar-refractivity contribution in [2.45, 2.75) is 19.3 Å². The van der Waals surface area contributed by atoms with E-state index in [0.717, 1.165) is 61.8 Å². The maximum Gasteiger partial charge on any atom is 0.224 e. The number of halogens is 1. The van der Waals surface area contributed by atoms with Crippen LogP contribution >= 0.6 is 12.4 Å². The molecule has 2 aromatic rings. The minimum atomic E-state index is 0. The van der Waals surface area contributed by atoms with E-state index in [4.69, 9.17) is 9.97 Å². The number of carbonyl (C=O) groups excluding carboxylic acids is 1. The Kier molecular flexibility index (Phi) is 6.23. The van der Waals surface area contributed by atoms with Crippen molar-refractivity contribution in [3.05, 3.63) is 35.8 Å². The zero-order valence-corrected chi connectivity index (χ0v) is 16.3. The van der Waals surface area contributed by atoms with Gasteiger partial charge in [0.25, 0.3) is 0 Å². The van der Waals surface area contributed by atoms with Crippen molar-refractivity contribution in [2.24, 2.45) is 5.92 Å². The summed E-state index contributed by atoms with van der Waals surface area (Å²) < 4.78 is 0. The van der Waals surface area contributed by atoms with Crippen LogP contribution in [-0.2, 0) is 17.6 Å². The van der Waals surface area contributed by atoms with E-state index in [1.54, 1.807) is 19.4 Å². The van der Waals surface area contributed by atoms with Crippen molar-refractivity contribution in [1.82, 2.24) is 25.6 Å². The van der Waals surface area contributed by atoms with E-state index in [2.05, 4.69) is 20.5 Å². The van der Waals surface area contributed by atoms with Crippen LogP contribution in [0.25, 0.3) is 11.4 Å². The lowest BCUT2D eigenvalue weighted by molar-refractivity contribution is -0.123. The molecular formula is C19H25ClN6O. The second-order valence-electron chi connectivity index (χ2n) is 6.83. The average molecular weight is 389 g/mol. The van der Waals surface area contributed by atoms with Crippen LogP contribution in [0.2, 0.25) is 0 Å². The van der Waals surface area contributed by atoms with Crippen LogP contribution in [-0.4, -0.2) is 54.1 Å². The molecule has 2 aliphatic rings. The second-order valence-corrected chi connectivity index (χ2v) is 6.83. The standard InChI is InChI=1S/C19H24N6O.ClH/c1-20-19(26)14-6-11-25(12-14)18-15-4-9-22-10-5-16(15)23-17(24-18)13-2-7-21-8-3-13;/h2-3,7-8,14,22H,4-6,9-12H2,1H3,(H,20,26);1H. The third-order valence-electron chi connectivity index (χ3n) is 5.20. The van der Waals surface area contributed by atoms with E-state index < -0.39 is 0 Å². The molecule has 0 spiro atoms. The van der Waals surface area contributed by atoms with E-state index in [9.17, 15) is 4.79 Å². The second kappa shape index (κ2) is 8.63. The van der Waals surface area contributed by atoms with Gasteiger partial charge in [0, 0.05) is 56.6 Å². The Morgan fingerprint density at radius 3 is 2.78 bits per heavy atom. The third-order valence-corrected chi connectivity index (χ3v) is 5.20. The molecule has 0 bridgehead atoms. The van der Waals surface area contributed by atoms with Gasteiger partial charge in [0.05, 0.1) is 11.6 Å². The fourth-order valence-electron chi connectivity index (χ4n) is 3.79. The summed E-state index contributed by atoms with van der Waals surface area (Å²) in [7, 11) is 1.70. The van der Waals surface area contributed by atoms with E-state index in [0.29, 0.717) is 6.54 Å². The van der Waals surface area contributed by atoms with Crippen molar-refractivity contribution in [1.29, 1.82) is 0 Å². The minimum Gasteiger partial charge on any atom is -0.359 e. The first kappa shape index (κ1) is 19.5. The predicted molar refractivity (Wildman–Crippen MR) is 107 cm³/mol. The van der Waals surface area contributed by atoms with Gasteiger partial charge in [0.2, 0.25) is 5.91 Å². The van der Waals surface area contributed by atoms with Gasteiger partial charge in [-0.15, -0.1) is 12.4 Å². The fourth-order valence-corrected chi connectivity index (χ4v) is 3.79. The summed E-state index contributed by atoms with van der Waals surface area (Å²) in [6, 6.07) is 3.88. The first-order chi connectivity index (χ1) is 12.8. The molecule has 1 unspecified atom stereocenters. The van der Waals surface area contributed by atoms with E-state index in [1.807, 2.05) is 12.1 Å². The van der Waals surface area contributed by atoms with Crippen LogP contribution in [0.5, 0.6) is 0 Å². The minimum absolute atomic E-state index is 0. The molecule has 0 radical (unpaired) electrons. The highest BCUT2D eigenvalue weighted by molar-refractivity contribution is 5.85. The number of nitrogens with one attached hydrogen (secondary N) is 2. The summed E-state index contributed by atoms with van der Waals surface area (Å²) in [5, 5.41) is 6.22. The molecule has 27 heavy (non-hydrogen) atoms. The first-order valence-corrected chi connectivity index (χ1v) is 9.23. The Labute approximate surface area is 165 Å². The lowest BCUT2D eigenvalue weighted by Crippen LogP contribution is -2.31. The first-order valence-electron chi connectivity index (χ1n) is 9.23. The highest BCUT2D eigenvalue weighted by Gasteiger charge is 2.31. The van der Waals surface area contributed by atoms with Gasteiger partial charge in [-0.2, -0.15) is 0 Å². The van der Waals surface area contributed by atoms with Crippen LogP contribution in [0.15, 0.2) is 24.5 Å². The summed E-state index contributed by atoms with van der Waals surface area (Å²) in [5.74, 6) is 1.88. The van der Waals surface area contributed by atoms with Gasteiger partial charge in [-0.1, -0.05) is 0 Å². The van der Waals surface area contributed by atoms with Gasteiger partial charge in [-0.3, -0.25) is 9.78 Å². The van der Waals surface area contributed by atoms with Crippen LogP contribution in [0.1, 0.15) is 17.7 Å². The molecule has 1 amide bonds. The summed E-state index contributed by atoms with van der Waals surface area (Å²) in [4.78, 5) is 28.2. The number of anilines is 1. The molecule has 2 aliphatic heterocycles. The molecule has 0 aromatic carbocycles. The Bertz CT molecular complexity index is 800. The summed E-state index contributed by atoms with van der Waals surface area (Å²) in [6.45, 7) is 3.43. The zero-order chi connectivity index (χ0) is 17.9. The lowest BCUT2D eigenvalue weighted by atomic mass is 10.1. The largest absolute Gasteiger partial charge is 0.359 e. The average Bonchev–Trinajstić information content (AvgIpc) is 3.06. The molecule has 8 heteroatoms. The van der Waals surface area contributed by atoms with E-state index >= 15 is 0 Å². The summed E-state index contributed by atoms with van der Waals surface area (Å²) in [6.07, 6.45) is 6.21. The van der Waals surface area contributed by atoms with Gasteiger partial charge >= 0.3 is 0 Å². The summed E-state index contributed by atoms with van der Waals surface area (Å²) >= 11 is 0. The molecule has 2 N–H and O–H groups in total. The molecule has 1 saturated heterocycles. The normalized spacial score (nSPS) is 19.0. The number of aromatic nitrogens is 3. The van der Waals surface area contributed by atoms with Crippen molar-refractivity contribution < 1.29 is 4.79 Å². The van der Waals surface area contributed by atoms with Gasteiger partial charge in [-0.25, -0.2) is 9.97 Å². The molecule has 4 rings (SSSR count). The van der Waals surface area contributed by atoms with Crippen LogP contribution < -0.4 is 15.5 Å². The number of fused-ring (bicyclic) bond motifs is 1. The van der Waals surface area contributed by atoms with Crippen molar-refractivity contribution in [2.75, 3.05) is 38.1 Å². The highest BCUT2D eigenvalue weighted by atomic mass is 35.5. The number of hydrogen-bond donors (Lipinski definition) is 2. The topological polar surface area (TPSA) is 83.0 Å². The van der Waals surface area contributed by atoms with Crippen LogP contribution in [0.4, 0.5) is 5.82 Å². The Morgan fingerprint density at radius 2 is 2.00 bits per heavy atom. The smallest absolute Gasteiger partial charge is 0.224 e. The molecule has 2 aromatic heterocycles. The van der Waals surface area contributed by atoms with Crippen molar-refractivity contribution >= 4 is 24.1 Å². The van der Waals surface area contributed by atoms with Gasteiger partial charge in [-0.05, 0) is 31.5 Å². The number of hydrogen-bond acceptors (Lipinski definition) is 6. The SMILES string of the molecule is CNC(=O)C1CCN(c2nc(-c3ccncc3)nc3c2CCNCC3)C1.Cl. The predicted octanol–water partition coefficient (Wildman–Crippen LogP) is 1.22. The monoisotopic (exact) mass is 388 g/mol. The Morgan fingerprint density at radius 1 is 1.22 bits per heavy atom. The maximum atomic E-state index is 12.0. The quantitative estimate of drug-likeness (QED) is 0.822. The molecule has 1 atom stereocenters. The molecule has 4 heterocycles. The molecule has 0 aliphatic carbocycles. The molecule has 1 fully saturated rings. The molecular weight excluding hydrogens is 364 g/mol. The van der Waals surface area contributed by atoms with Crippen LogP contribution in [0, 0.1) is 5.92 Å². The number of carbonyl (C=O) groups is 1. The zero-order valence-electron chi connectivity index (χ0n) is 15.4. The van der Waals surface area contributed by atoms with Crippen molar-refractivity contribution in [3.63, 3.8) is 0 Å². The molecule has 144 valence electrons. The number of nitrogens with zero attached hydrogens (tertiary/aromatic N) is 4. The third kappa shape index (κ3) is 4.04. The van der Waals surface area contributed by atoms with Crippen molar-refractivity contribution in [3.8, 4) is 11.4 Å². The lowest BCUT2D eigenvalue weighted by Gasteiger charge is -2.22. The maximum absolute atomic E-state index is 12.0. The Balaban J connectivity index is 0.00000210. The van der Waals surface area contributed by atoms with Gasteiger partial charge in [0.1, 0.15) is 5.82 Å². The number of rotatable bonds is 3. The number of amides is 1. The van der Waals surface area contributed by atoms with E-state index in [-0.39, 0.29) is 24.2 Å². The highest BCUT2D eigenvalue weighted by Crippen LogP contribution is 2.30. The fraction of sp³-hybridized carbons (Fsp3) is 0.474. The number of pyridine rings is 1. The summed E-state index contributed by atoms with van der Waals surface area (Å²) in [5.41, 5.74) is 3.32. The van der Waals surface area contributed by atoms with Crippen LogP contribution in [0.3, 0.4) is 0 Å². The van der Waals surface area contributed by atoms with E-state index in [1.165, 1.54) is 5.56 Å². The van der Waals surface area contributed by atoms with Gasteiger partial charge < -0.3 is 15.5 Å². The Hall–Kier alpha value is -2.25. The molecule has 7 nitrogen and oxygen atoms in total. The molecule has 0 saturated carbocycles. The van der Waals surface area contributed by atoms with Gasteiger partial charge in [0.15, 0.2) is 5.82 Å².